The number of nitrogens with one attached hydrogen (secondary N) is 1. The molecule has 2 heterocycles. The fourth-order valence-electron chi connectivity index (χ4n) is 2.82. The second kappa shape index (κ2) is 7.96. The Kier molecular flexibility index (Phi) is 5.65. The van der Waals surface area contributed by atoms with Gasteiger partial charge in [0.15, 0.2) is 5.16 Å². The van der Waals surface area contributed by atoms with Crippen LogP contribution in [-0.2, 0) is 4.79 Å². The molecule has 0 atom stereocenters. The van der Waals surface area contributed by atoms with Crippen molar-refractivity contribution in [2.45, 2.75) is 44.9 Å². The highest BCUT2D eigenvalue weighted by Gasteiger charge is 2.16. The zero-order valence-corrected chi connectivity index (χ0v) is 16.7. The van der Waals surface area contributed by atoms with E-state index in [9.17, 15) is 9.59 Å². The van der Waals surface area contributed by atoms with Crippen LogP contribution >= 0.6 is 11.8 Å². The number of para-hydroxylation sites is 1. The molecule has 7 nitrogen and oxygen atoms in total. The van der Waals surface area contributed by atoms with E-state index in [0.29, 0.717) is 21.9 Å². The Labute approximate surface area is 161 Å². The lowest BCUT2D eigenvalue weighted by Gasteiger charge is -2.16. The van der Waals surface area contributed by atoms with Crippen LogP contribution in [0, 0.1) is 0 Å². The summed E-state index contributed by atoms with van der Waals surface area (Å²) in [6, 6.07) is 9.13. The van der Waals surface area contributed by atoms with E-state index in [1.807, 2.05) is 45.9 Å². The van der Waals surface area contributed by atoms with Gasteiger partial charge in [0, 0.05) is 18.2 Å². The number of amides is 1. The van der Waals surface area contributed by atoms with Gasteiger partial charge in [-0.1, -0.05) is 23.9 Å². The van der Waals surface area contributed by atoms with Crippen LogP contribution in [0.3, 0.4) is 0 Å². The first-order valence-electron chi connectivity index (χ1n) is 8.86. The molecule has 142 valence electrons. The smallest absolute Gasteiger partial charge is 0.262 e. The van der Waals surface area contributed by atoms with Gasteiger partial charge in [0.25, 0.3) is 5.56 Å². The number of carbonyl (C=O) groups is 1. The number of aromatic nitrogens is 4. The first-order valence-corrected chi connectivity index (χ1v) is 9.84. The quantitative estimate of drug-likeness (QED) is 0.519. The maximum atomic E-state index is 12.8. The Balaban J connectivity index is 1.82. The number of nitrogens with zero attached hydrogens (tertiary/aromatic N) is 4. The highest BCUT2D eigenvalue weighted by atomic mass is 32.2. The van der Waals surface area contributed by atoms with Crippen molar-refractivity contribution >= 4 is 34.4 Å². The molecule has 0 saturated carbocycles. The maximum absolute atomic E-state index is 12.8. The number of benzene rings is 1. The number of hydrogen-bond donors (Lipinski definition) is 1. The second-order valence-electron chi connectivity index (χ2n) is 6.77. The molecule has 0 aliphatic carbocycles. The molecule has 0 aliphatic heterocycles. The van der Waals surface area contributed by atoms with Gasteiger partial charge in [-0.3, -0.25) is 14.2 Å². The number of anilines is 1. The normalized spacial score (nSPS) is 11.5. The number of carbonyl (C=O) groups excluding carboxylic acids is 1. The zero-order valence-electron chi connectivity index (χ0n) is 15.8. The highest BCUT2D eigenvalue weighted by Crippen LogP contribution is 2.21. The lowest BCUT2D eigenvalue weighted by Crippen LogP contribution is -2.26. The van der Waals surface area contributed by atoms with Crippen LogP contribution in [-0.4, -0.2) is 31.0 Å². The number of thioether (sulfide) groups is 1. The van der Waals surface area contributed by atoms with Crippen LogP contribution in [0.1, 0.15) is 39.8 Å². The molecule has 1 aromatic carbocycles. The van der Waals surface area contributed by atoms with Gasteiger partial charge >= 0.3 is 0 Å². The Morgan fingerprint density at radius 2 is 1.89 bits per heavy atom. The zero-order chi connectivity index (χ0) is 19.6. The van der Waals surface area contributed by atoms with E-state index < -0.39 is 0 Å². The fraction of sp³-hybridized carbons (Fsp3) is 0.368. The van der Waals surface area contributed by atoms with E-state index in [-0.39, 0.29) is 29.3 Å². The molecule has 0 unspecified atom stereocenters. The molecular formula is C19H23N5O2S. The Morgan fingerprint density at radius 1 is 1.15 bits per heavy atom. The summed E-state index contributed by atoms with van der Waals surface area (Å²) < 4.78 is 3.39. The van der Waals surface area contributed by atoms with Gasteiger partial charge in [-0.05, 0) is 39.8 Å². The summed E-state index contributed by atoms with van der Waals surface area (Å²) in [5.41, 5.74) is 0.552. The SMILES string of the molecule is CC(C)n1nccc1NC(=O)CSc1nc2ccccc2c(=O)n1C(C)C. The van der Waals surface area contributed by atoms with Crippen LogP contribution in [0.25, 0.3) is 10.9 Å². The van der Waals surface area contributed by atoms with Gasteiger partial charge in [0.05, 0.1) is 22.9 Å². The van der Waals surface area contributed by atoms with Crippen molar-refractivity contribution in [2.24, 2.45) is 0 Å². The summed E-state index contributed by atoms with van der Waals surface area (Å²) in [5, 5.41) is 8.20. The average Bonchev–Trinajstić information content (AvgIpc) is 3.08. The molecule has 1 N–H and O–H groups in total. The van der Waals surface area contributed by atoms with Crippen molar-refractivity contribution in [3.8, 4) is 0 Å². The summed E-state index contributed by atoms with van der Waals surface area (Å²) in [6.45, 7) is 7.86. The molecule has 0 saturated heterocycles. The summed E-state index contributed by atoms with van der Waals surface area (Å²) in [4.78, 5) is 29.8. The molecule has 3 rings (SSSR count). The van der Waals surface area contributed by atoms with Crippen LogP contribution in [0.2, 0.25) is 0 Å². The van der Waals surface area contributed by atoms with Gasteiger partial charge in [0.1, 0.15) is 5.82 Å². The predicted octanol–water partition coefficient (Wildman–Crippen LogP) is 3.49. The third-order valence-electron chi connectivity index (χ3n) is 4.05. The van der Waals surface area contributed by atoms with E-state index in [1.54, 1.807) is 27.6 Å². The van der Waals surface area contributed by atoms with Gasteiger partial charge in [-0.15, -0.1) is 0 Å². The first kappa shape index (κ1) is 19.2. The highest BCUT2D eigenvalue weighted by molar-refractivity contribution is 7.99. The van der Waals surface area contributed by atoms with Gasteiger partial charge in [-0.2, -0.15) is 5.10 Å². The van der Waals surface area contributed by atoms with Crippen molar-refractivity contribution in [2.75, 3.05) is 11.1 Å². The molecular weight excluding hydrogens is 362 g/mol. The second-order valence-corrected chi connectivity index (χ2v) is 7.71. The molecule has 27 heavy (non-hydrogen) atoms. The van der Waals surface area contributed by atoms with Crippen molar-refractivity contribution < 1.29 is 4.79 Å². The Morgan fingerprint density at radius 3 is 2.59 bits per heavy atom. The molecule has 0 aliphatic rings. The third kappa shape index (κ3) is 4.05. The predicted molar refractivity (Wildman–Crippen MR) is 108 cm³/mol. The Bertz CT molecular complexity index is 1020. The van der Waals surface area contributed by atoms with E-state index in [1.165, 1.54) is 11.8 Å². The monoisotopic (exact) mass is 385 g/mol. The minimum absolute atomic E-state index is 0.0532. The molecule has 8 heteroatoms. The lowest BCUT2D eigenvalue weighted by molar-refractivity contribution is -0.113. The lowest BCUT2D eigenvalue weighted by atomic mass is 10.2. The van der Waals surface area contributed by atoms with Gasteiger partial charge in [-0.25, -0.2) is 9.67 Å². The first-order chi connectivity index (χ1) is 12.9. The summed E-state index contributed by atoms with van der Waals surface area (Å²) >= 11 is 1.26. The van der Waals surface area contributed by atoms with Crippen LogP contribution < -0.4 is 10.9 Å². The third-order valence-corrected chi connectivity index (χ3v) is 5.00. The minimum atomic E-state index is -0.167. The number of rotatable bonds is 6. The number of hydrogen-bond acceptors (Lipinski definition) is 5. The largest absolute Gasteiger partial charge is 0.310 e. The molecule has 0 fully saturated rings. The van der Waals surface area contributed by atoms with Crippen LogP contribution in [0.5, 0.6) is 0 Å². The van der Waals surface area contributed by atoms with E-state index >= 15 is 0 Å². The summed E-state index contributed by atoms with van der Waals surface area (Å²) in [6.07, 6.45) is 1.66. The summed E-state index contributed by atoms with van der Waals surface area (Å²) in [7, 11) is 0. The minimum Gasteiger partial charge on any atom is -0.310 e. The van der Waals surface area contributed by atoms with E-state index in [0.717, 1.165) is 0 Å². The van der Waals surface area contributed by atoms with Gasteiger partial charge in [0.2, 0.25) is 5.91 Å². The van der Waals surface area contributed by atoms with Gasteiger partial charge < -0.3 is 5.32 Å². The molecule has 2 aromatic heterocycles. The Hall–Kier alpha value is -2.61. The topological polar surface area (TPSA) is 81.8 Å². The molecule has 0 radical (unpaired) electrons. The standard InChI is InChI=1S/C19H23N5O2S/c1-12(2)23-18(26)14-7-5-6-8-15(14)21-19(23)27-11-17(25)22-16-9-10-20-24(16)13(3)4/h5-10,12-13H,11H2,1-4H3,(H,22,25). The molecule has 3 aromatic rings. The van der Waals surface area contributed by atoms with Crippen molar-refractivity contribution in [1.82, 2.24) is 19.3 Å². The van der Waals surface area contributed by atoms with E-state index in [2.05, 4.69) is 15.4 Å². The van der Waals surface area contributed by atoms with Crippen molar-refractivity contribution in [1.29, 1.82) is 0 Å². The van der Waals surface area contributed by atoms with Crippen molar-refractivity contribution in [3.63, 3.8) is 0 Å². The van der Waals surface area contributed by atoms with E-state index in [4.69, 9.17) is 0 Å². The van der Waals surface area contributed by atoms with Crippen LogP contribution in [0.15, 0.2) is 46.5 Å². The van der Waals surface area contributed by atoms with Crippen LogP contribution in [0.4, 0.5) is 5.82 Å². The average molecular weight is 385 g/mol. The molecule has 0 bridgehead atoms. The fourth-order valence-corrected chi connectivity index (χ4v) is 3.74. The summed E-state index contributed by atoms with van der Waals surface area (Å²) in [5.74, 6) is 0.643. The number of fused-ring (bicyclic) bond motifs is 1. The van der Waals surface area contributed by atoms with Crippen molar-refractivity contribution in [3.05, 3.63) is 46.9 Å². The maximum Gasteiger partial charge on any atom is 0.262 e. The molecule has 1 amide bonds. The molecule has 0 spiro atoms.